The van der Waals surface area contributed by atoms with Crippen LogP contribution in [0, 0.1) is 0 Å². The lowest BCUT2D eigenvalue weighted by Crippen LogP contribution is -2.39. The molecule has 1 rings (SSSR count). The van der Waals surface area contributed by atoms with Crippen LogP contribution < -0.4 is 10.5 Å². The molecule has 0 aliphatic heterocycles. The Morgan fingerprint density at radius 3 is 2.63 bits per heavy atom. The fourth-order valence-corrected chi connectivity index (χ4v) is 3.07. The van der Waals surface area contributed by atoms with Gasteiger partial charge in [0.15, 0.2) is 0 Å². The molecule has 0 aliphatic rings. The number of hydrogen-bond acceptors (Lipinski definition) is 5. The van der Waals surface area contributed by atoms with E-state index in [0.29, 0.717) is 18.5 Å². The summed E-state index contributed by atoms with van der Waals surface area (Å²) in [5, 5.41) is 0. The first-order valence-electron chi connectivity index (χ1n) is 6.58. The zero-order valence-corrected chi connectivity index (χ0v) is 13.1. The second-order valence-corrected chi connectivity index (χ2v) is 5.48. The second kappa shape index (κ2) is 8.40. The SMILES string of the molecule is CCC(CSC)N(C)C(CN)c1ccc(OC)nc1. The molecule has 0 fully saturated rings. The average Bonchev–Trinajstić information content (AvgIpc) is 2.46. The Morgan fingerprint density at radius 1 is 1.47 bits per heavy atom. The third-order valence-corrected chi connectivity index (χ3v) is 4.19. The molecule has 2 unspecified atom stereocenters. The molecule has 2 N–H and O–H groups in total. The van der Waals surface area contributed by atoms with E-state index in [9.17, 15) is 0 Å². The number of ether oxygens (including phenoxy) is 1. The molecular weight excluding hydrogens is 258 g/mol. The molecule has 0 aliphatic carbocycles. The van der Waals surface area contributed by atoms with E-state index in [-0.39, 0.29) is 6.04 Å². The maximum absolute atomic E-state index is 5.96. The molecule has 0 radical (unpaired) electrons. The molecule has 1 aromatic heterocycles. The normalized spacial score (nSPS) is 14.4. The van der Waals surface area contributed by atoms with Crippen molar-refractivity contribution >= 4 is 11.8 Å². The molecular formula is C14H25N3OS. The van der Waals surface area contributed by atoms with E-state index in [2.05, 4.69) is 30.1 Å². The van der Waals surface area contributed by atoms with Gasteiger partial charge < -0.3 is 10.5 Å². The number of nitrogens with zero attached hydrogens (tertiary/aromatic N) is 2. The minimum atomic E-state index is 0.204. The smallest absolute Gasteiger partial charge is 0.212 e. The Hall–Kier alpha value is -0.780. The largest absolute Gasteiger partial charge is 0.481 e. The van der Waals surface area contributed by atoms with Gasteiger partial charge in [-0.1, -0.05) is 13.0 Å². The molecule has 19 heavy (non-hydrogen) atoms. The summed E-state index contributed by atoms with van der Waals surface area (Å²) in [5.74, 6) is 1.76. The van der Waals surface area contributed by atoms with Gasteiger partial charge in [-0.2, -0.15) is 11.8 Å². The summed E-state index contributed by atoms with van der Waals surface area (Å²) < 4.78 is 5.09. The van der Waals surface area contributed by atoms with E-state index in [0.717, 1.165) is 17.7 Å². The predicted octanol–water partition coefficient (Wildman–Crippen LogP) is 2.16. The van der Waals surface area contributed by atoms with Gasteiger partial charge in [0.05, 0.1) is 7.11 Å². The molecule has 0 spiro atoms. The molecule has 0 bridgehead atoms. The summed E-state index contributed by atoms with van der Waals surface area (Å²) in [6.45, 7) is 2.81. The van der Waals surface area contributed by atoms with E-state index < -0.39 is 0 Å². The van der Waals surface area contributed by atoms with Crippen LogP contribution in [-0.2, 0) is 0 Å². The first kappa shape index (κ1) is 16.3. The Labute approximate surface area is 120 Å². The van der Waals surface area contributed by atoms with Crippen molar-refractivity contribution in [3.63, 3.8) is 0 Å². The van der Waals surface area contributed by atoms with E-state index in [1.807, 2.05) is 30.1 Å². The van der Waals surface area contributed by atoms with Crippen LogP contribution in [0.3, 0.4) is 0 Å². The third kappa shape index (κ3) is 4.37. The maximum atomic E-state index is 5.96. The summed E-state index contributed by atoms with van der Waals surface area (Å²) in [6.07, 6.45) is 5.12. The van der Waals surface area contributed by atoms with Crippen LogP contribution in [0.4, 0.5) is 0 Å². The second-order valence-electron chi connectivity index (χ2n) is 4.57. The molecule has 1 heterocycles. The average molecular weight is 283 g/mol. The number of thioether (sulfide) groups is 1. The van der Waals surface area contributed by atoms with E-state index in [1.54, 1.807) is 7.11 Å². The van der Waals surface area contributed by atoms with Crippen molar-refractivity contribution in [2.75, 3.05) is 32.7 Å². The number of nitrogens with two attached hydrogens (primary N) is 1. The van der Waals surface area contributed by atoms with Gasteiger partial charge in [-0.15, -0.1) is 0 Å². The Morgan fingerprint density at radius 2 is 2.21 bits per heavy atom. The fraction of sp³-hybridized carbons (Fsp3) is 0.643. The van der Waals surface area contributed by atoms with E-state index in [4.69, 9.17) is 10.5 Å². The first-order valence-corrected chi connectivity index (χ1v) is 7.98. The Balaban J connectivity index is 2.85. The molecule has 4 nitrogen and oxygen atoms in total. The van der Waals surface area contributed by atoms with Gasteiger partial charge in [-0.25, -0.2) is 4.98 Å². The molecule has 0 aromatic carbocycles. The van der Waals surface area contributed by atoms with Crippen molar-refractivity contribution in [2.24, 2.45) is 5.73 Å². The van der Waals surface area contributed by atoms with Gasteiger partial charge in [0.2, 0.25) is 5.88 Å². The third-order valence-electron chi connectivity index (χ3n) is 3.47. The lowest BCUT2D eigenvalue weighted by Gasteiger charge is -2.34. The highest BCUT2D eigenvalue weighted by atomic mass is 32.2. The first-order chi connectivity index (χ1) is 9.17. The van der Waals surface area contributed by atoms with Crippen molar-refractivity contribution in [3.8, 4) is 5.88 Å². The number of likely N-dealkylation sites (N-methyl/N-ethyl adjacent to an activating group) is 1. The standard InChI is InChI=1S/C14H25N3OS/c1-5-12(10-19-4)17(2)13(8-15)11-6-7-14(18-3)16-9-11/h6-7,9,12-13H,5,8,10,15H2,1-4H3. The molecule has 2 atom stereocenters. The van der Waals surface area contributed by atoms with Crippen LogP contribution in [0.2, 0.25) is 0 Å². The molecule has 0 amide bonds. The van der Waals surface area contributed by atoms with Crippen LogP contribution in [0.15, 0.2) is 18.3 Å². The van der Waals surface area contributed by atoms with E-state index >= 15 is 0 Å². The predicted molar refractivity (Wildman–Crippen MR) is 82.8 cm³/mol. The van der Waals surface area contributed by atoms with Crippen LogP contribution in [0.25, 0.3) is 0 Å². The minimum absolute atomic E-state index is 0.204. The fourth-order valence-electron chi connectivity index (χ4n) is 2.22. The summed E-state index contributed by atoms with van der Waals surface area (Å²) in [7, 11) is 3.77. The summed E-state index contributed by atoms with van der Waals surface area (Å²) >= 11 is 1.87. The van der Waals surface area contributed by atoms with Gasteiger partial charge >= 0.3 is 0 Å². The van der Waals surface area contributed by atoms with Gasteiger partial charge in [-0.05, 0) is 25.3 Å². The van der Waals surface area contributed by atoms with Crippen LogP contribution >= 0.6 is 11.8 Å². The highest BCUT2D eigenvalue weighted by Gasteiger charge is 2.22. The van der Waals surface area contributed by atoms with Crippen LogP contribution in [0.1, 0.15) is 24.9 Å². The maximum Gasteiger partial charge on any atom is 0.212 e. The number of pyridine rings is 1. The van der Waals surface area contributed by atoms with Crippen molar-refractivity contribution < 1.29 is 4.74 Å². The number of aromatic nitrogens is 1. The van der Waals surface area contributed by atoms with Crippen LogP contribution in [0.5, 0.6) is 5.88 Å². The molecule has 5 heteroatoms. The van der Waals surface area contributed by atoms with Gasteiger partial charge in [0.1, 0.15) is 0 Å². The Kier molecular flexibility index (Phi) is 7.20. The monoisotopic (exact) mass is 283 g/mol. The topological polar surface area (TPSA) is 51.4 Å². The van der Waals surface area contributed by atoms with Crippen molar-refractivity contribution in [3.05, 3.63) is 23.9 Å². The number of hydrogen-bond donors (Lipinski definition) is 1. The summed E-state index contributed by atoms with van der Waals surface area (Å²) in [5.41, 5.74) is 7.10. The van der Waals surface area contributed by atoms with Crippen molar-refractivity contribution in [2.45, 2.75) is 25.4 Å². The summed E-state index contributed by atoms with van der Waals surface area (Å²) in [6, 6.07) is 4.67. The Bertz CT molecular complexity index is 358. The molecule has 1 aromatic rings. The zero-order chi connectivity index (χ0) is 14.3. The lowest BCUT2D eigenvalue weighted by atomic mass is 10.1. The van der Waals surface area contributed by atoms with Crippen LogP contribution in [-0.4, -0.2) is 48.6 Å². The van der Waals surface area contributed by atoms with Gasteiger partial charge in [-0.3, -0.25) is 4.90 Å². The zero-order valence-electron chi connectivity index (χ0n) is 12.3. The summed E-state index contributed by atoms with van der Waals surface area (Å²) in [4.78, 5) is 6.63. The molecule has 0 saturated heterocycles. The highest BCUT2D eigenvalue weighted by molar-refractivity contribution is 7.98. The lowest BCUT2D eigenvalue weighted by molar-refractivity contribution is 0.187. The van der Waals surface area contributed by atoms with Crippen molar-refractivity contribution in [1.82, 2.24) is 9.88 Å². The highest BCUT2D eigenvalue weighted by Crippen LogP contribution is 2.23. The quantitative estimate of drug-likeness (QED) is 0.792. The van der Waals surface area contributed by atoms with E-state index in [1.165, 1.54) is 0 Å². The van der Waals surface area contributed by atoms with Gasteiger partial charge in [0.25, 0.3) is 0 Å². The minimum Gasteiger partial charge on any atom is -0.481 e. The van der Waals surface area contributed by atoms with Crippen molar-refractivity contribution in [1.29, 1.82) is 0 Å². The number of methoxy groups -OCH3 is 1. The number of rotatable bonds is 8. The molecule has 108 valence electrons. The molecule has 0 saturated carbocycles. The van der Waals surface area contributed by atoms with Gasteiger partial charge in [0, 0.05) is 36.6 Å².